The van der Waals surface area contributed by atoms with Crippen LogP contribution in [0.5, 0.6) is 0 Å². The summed E-state index contributed by atoms with van der Waals surface area (Å²) >= 11 is 1.35. The van der Waals surface area contributed by atoms with E-state index in [0.29, 0.717) is 17.1 Å². The number of hydrogen-bond acceptors (Lipinski definition) is 5. The summed E-state index contributed by atoms with van der Waals surface area (Å²) in [6, 6.07) is 18.1. The number of rotatable bonds is 6. The highest BCUT2D eigenvalue weighted by Crippen LogP contribution is 2.39. The number of amides is 1. The lowest BCUT2D eigenvalue weighted by atomic mass is 10.2. The molecule has 2 heterocycles. The molecule has 2 aromatic heterocycles. The Hall–Kier alpha value is -3.65. The lowest BCUT2D eigenvalue weighted by Gasteiger charge is -2.07. The van der Waals surface area contributed by atoms with Crippen molar-refractivity contribution in [2.45, 2.75) is 23.3 Å². The average molecular weight is 418 g/mol. The lowest BCUT2D eigenvalue weighted by molar-refractivity contribution is -0.387. The van der Waals surface area contributed by atoms with Gasteiger partial charge in [0.25, 0.3) is 5.69 Å². The minimum atomic E-state index is -0.371. The van der Waals surface area contributed by atoms with Crippen molar-refractivity contribution in [1.29, 1.82) is 0 Å². The summed E-state index contributed by atoms with van der Waals surface area (Å²) in [4.78, 5) is 28.4. The van der Waals surface area contributed by atoms with E-state index in [1.54, 1.807) is 24.4 Å². The number of hydrogen-bond donors (Lipinski definition) is 1. The van der Waals surface area contributed by atoms with E-state index in [2.05, 4.69) is 10.3 Å². The number of benzene rings is 2. The van der Waals surface area contributed by atoms with Gasteiger partial charge in [-0.3, -0.25) is 19.9 Å². The average Bonchev–Trinajstić information content (AvgIpc) is 3.05. The number of carbonyl (C=O) groups excluding carboxylic acids is 1. The quantitative estimate of drug-likeness (QED) is 0.347. The first-order valence-corrected chi connectivity index (χ1v) is 10.0. The van der Waals surface area contributed by atoms with Crippen LogP contribution in [-0.2, 0) is 11.3 Å². The Balaban J connectivity index is 1.80. The summed E-state index contributed by atoms with van der Waals surface area (Å²) in [7, 11) is 0. The van der Waals surface area contributed by atoms with E-state index < -0.39 is 0 Å². The molecule has 0 unspecified atom stereocenters. The van der Waals surface area contributed by atoms with Crippen LogP contribution < -0.4 is 5.32 Å². The fourth-order valence-corrected chi connectivity index (χ4v) is 4.32. The van der Waals surface area contributed by atoms with Gasteiger partial charge in [0.15, 0.2) is 0 Å². The highest BCUT2D eigenvalue weighted by atomic mass is 32.2. The fraction of sp³-hybridized carbons (Fsp3) is 0.0909. The third kappa shape index (κ3) is 4.18. The van der Waals surface area contributed by atoms with Crippen LogP contribution >= 0.6 is 11.8 Å². The third-order valence-electron chi connectivity index (χ3n) is 4.51. The molecule has 0 saturated heterocycles. The molecule has 7 nitrogen and oxygen atoms in total. The standard InChI is InChI=1S/C22H18N4O3S/c1-15(27)24-16-9-10-18-20(12-16)25(13-17-6-4-5-11-23-17)14-22(18)30-21-8-3-2-7-19(21)26(28)29/h2-12,14H,13H2,1H3,(H,24,27). The minimum absolute atomic E-state index is 0.0722. The minimum Gasteiger partial charge on any atom is -0.340 e. The van der Waals surface area contributed by atoms with Crippen LogP contribution in [0.2, 0.25) is 0 Å². The largest absolute Gasteiger partial charge is 0.340 e. The number of carbonyl (C=O) groups is 1. The van der Waals surface area contributed by atoms with E-state index >= 15 is 0 Å². The Labute approximate surface area is 176 Å². The van der Waals surface area contributed by atoms with E-state index in [1.165, 1.54) is 24.8 Å². The number of nitro groups is 1. The molecule has 1 amide bonds. The maximum absolute atomic E-state index is 11.5. The first-order chi connectivity index (χ1) is 14.5. The summed E-state index contributed by atoms with van der Waals surface area (Å²) in [5, 5.41) is 15.2. The summed E-state index contributed by atoms with van der Waals surface area (Å²) in [5.74, 6) is -0.147. The Morgan fingerprint density at radius 1 is 1.13 bits per heavy atom. The molecule has 4 aromatic rings. The van der Waals surface area contributed by atoms with E-state index in [9.17, 15) is 14.9 Å². The summed E-state index contributed by atoms with van der Waals surface area (Å²) in [5.41, 5.74) is 2.56. The first kappa shape index (κ1) is 19.7. The molecule has 0 atom stereocenters. The van der Waals surface area contributed by atoms with Crippen LogP contribution in [0.25, 0.3) is 10.9 Å². The van der Waals surface area contributed by atoms with E-state index in [1.807, 2.05) is 47.2 Å². The SMILES string of the molecule is CC(=O)Nc1ccc2c(Sc3ccccc3[N+](=O)[O-])cn(Cc3ccccn3)c2c1. The third-order valence-corrected chi connectivity index (χ3v) is 5.62. The second kappa shape index (κ2) is 8.38. The second-order valence-corrected chi connectivity index (χ2v) is 7.77. The maximum atomic E-state index is 11.5. The van der Waals surface area contributed by atoms with Gasteiger partial charge in [-0.1, -0.05) is 30.0 Å². The van der Waals surface area contributed by atoms with Gasteiger partial charge in [0.1, 0.15) is 0 Å². The van der Waals surface area contributed by atoms with Gasteiger partial charge in [0.05, 0.1) is 27.6 Å². The molecule has 0 aliphatic heterocycles. The van der Waals surface area contributed by atoms with Gasteiger partial charge in [-0.15, -0.1) is 0 Å². The predicted octanol–water partition coefficient (Wildman–Crippen LogP) is 5.10. The molecule has 0 fully saturated rings. The first-order valence-electron chi connectivity index (χ1n) is 9.23. The van der Waals surface area contributed by atoms with Crippen molar-refractivity contribution in [3.05, 3.63) is 88.9 Å². The highest BCUT2D eigenvalue weighted by Gasteiger charge is 2.17. The molecule has 2 aromatic carbocycles. The molecule has 0 aliphatic carbocycles. The highest BCUT2D eigenvalue weighted by molar-refractivity contribution is 7.99. The van der Waals surface area contributed by atoms with E-state index in [-0.39, 0.29) is 16.5 Å². The Bertz CT molecular complexity index is 1240. The van der Waals surface area contributed by atoms with E-state index in [4.69, 9.17) is 0 Å². The Morgan fingerprint density at radius 2 is 1.93 bits per heavy atom. The second-order valence-electron chi connectivity index (χ2n) is 6.68. The zero-order chi connectivity index (χ0) is 21.1. The Kier molecular flexibility index (Phi) is 5.49. The summed E-state index contributed by atoms with van der Waals surface area (Å²) in [6.45, 7) is 2.01. The predicted molar refractivity (Wildman–Crippen MR) is 117 cm³/mol. The van der Waals surface area contributed by atoms with Crippen molar-refractivity contribution in [2.75, 3.05) is 5.32 Å². The van der Waals surface area contributed by atoms with Gasteiger partial charge in [-0.25, -0.2) is 0 Å². The normalized spacial score (nSPS) is 10.8. The number of pyridine rings is 1. The van der Waals surface area contributed by atoms with Crippen LogP contribution in [0.3, 0.4) is 0 Å². The zero-order valence-corrected chi connectivity index (χ0v) is 16.9. The number of fused-ring (bicyclic) bond motifs is 1. The molecule has 8 heteroatoms. The topological polar surface area (TPSA) is 90.1 Å². The zero-order valence-electron chi connectivity index (χ0n) is 16.1. The molecule has 4 rings (SSSR count). The molecule has 150 valence electrons. The van der Waals surface area contributed by atoms with Crippen LogP contribution in [-0.4, -0.2) is 20.4 Å². The Morgan fingerprint density at radius 3 is 2.67 bits per heavy atom. The number of anilines is 1. The van der Waals surface area contributed by atoms with Crippen molar-refractivity contribution in [2.24, 2.45) is 0 Å². The van der Waals surface area contributed by atoms with Crippen molar-refractivity contribution in [3.8, 4) is 0 Å². The van der Waals surface area contributed by atoms with Gasteiger partial charge in [0, 0.05) is 41.4 Å². The van der Waals surface area contributed by atoms with Crippen LogP contribution in [0.1, 0.15) is 12.6 Å². The number of nitro benzene ring substituents is 1. The van der Waals surface area contributed by atoms with Crippen LogP contribution in [0.4, 0.5) is 11.4 Å². The van der Waals surface area contributed by atoms with Gasteiger partial charge in [0.2, 0.25) is 5.91 Å². The van der Waals surface area contributed by atoms with Crippen molar-refractivity contribution < 1.29 is 9.72 Å². The summed E-state index contributed by atoms with van der Waals surface area (Å²) < 4.78 is 2.04. The molecule has 0 aliphatic rings. The van der Waals surface area contributed by atoms with Crippen molar-refractivity contribution in [1.82, 2.24) is 9.55 Å². The molecular weight excluding hydrogens is 400 g/mol. The van der Waals surface area contributed by atoms with Gasteiger partial charge >= 0.3 is 0 Å². The van der Waals surface area contributed by atoms with Gasteiger partial charge < -0.3 is 9.88 Å². The molecule has 0 radical (unpaired) electrons. The van der Waals surface area contributed by atoms with Crippen molar-refractivity contribution in [3.63, 3.8) is 0 Å². The molecule has 30 heavy (non-hydrogen) atoms. The number of para-hydroxylation sites is 1. The molecule has 0 spiro atoms. The van der Waals surface area contributed by atoms with E-state index in [0.717, 1.165) is 21.5 Å². The number of nitrogens with zero attached hydrogens (tertiary/aromatic N) is 3. The van der Waals surface area contributed by atoms with Crippen LogP contribution in [0.15, 0.2) is 82.8 Å². The molecule has 0 bridgehead atoms. The maximum Gasteiger partial charge on any atom is 0.283 e. The van der Waals surface area contributed by atoms with Gasteiger partial charge in [-0.05, 0) is 36.4 Å². The smallest absolute Gasteiger partial charge is 0.283 e. The van der Waals surface area contributed by atoms with Crippen LogP contribution in [0, 0.1) is 10.1 Å². The van der Waals surface area contributed by atoms with Gasteiger partial charge in [-0.2, -0.15) is 0 Å². The monoisotopic (exact) mass is 418 g/mol. The molecule has 0 saturated carbocycles. The summed E-state index contributed by atoms with van der Waals surface area (Å²) in [6.07, 6.45) is 3.71. The molecule has 1 N–H and O–H groups in total. The van der Waals surface area contributed by atoms with Crippen molar-refractivity contribution >= 4 is 39.9 Å². The number of aromatic nitrogens is 2. The lowest BCUT2D eigenvalue weighted by Crippen LogP contribution is -2.06. The fourth-order valence-electron chi connectivity index (χ4n) is 3.23. The molecular formula is C22H18N4O3S. The number of nitrogens with one attached hydrogen (secondary N) is 1.